The predicted octanol–water partition coefficient (Wildman–Crippen LogP) is 5.18. The number of carbonyl (C=O) groups excluding carboxylic acids is 2. The van der Waals surface area contributed by atoms with Gasteiger partial charge in [-0.3, -0.25) is 9.59 Å². The van der Waals surface area contributed by atoms with Crippen molar-refractivity contribution >= 4 is 22.9 Å². The SMILES string of the molecule is CC(C)(C)c1cc(C2=C(O)c3ccccc3C(=O)C2=O)cc(C(C)(C)C)c1O. The van der Waals surface area contributed by atoms with E-state index in [1.54, 1.807) is 36.4 Å². The molecule has 4 nitrogen and oxygen atoms in total. The van der Waals surface area contributed by atoms with E-state index in [4.69, 9.17) is 0 Å². The van der Waals surface area contributed by atoms with Gasteiger partial charge in [0.2, 0.25) is 11.6 Å². The van der Waals surface area contributed by atoms with Gasteiger partial charge in [0.25, 0.3) is 0 Å². The molecule has 0 aromatic heterocycles. The molecule has 0 atom stereocenters. The topological polar surface area (TPSA) is 74.6 Å². The van der Waals surface area contributed by atoms with Crippen LogP contribution in [0.15, 0.2) is 36.4 Å². The Morgan fingerprint density at radius 3 is 1.64 bits per heavy atom. The molecule has 3 rings (SSSR count). The Morgan fingerprint density at radius 1 is 0.714 bits per heavy atom. The molecule has 0 radical (unpaired) electrons. The van der Waals surface area contributed by atoms with Crippen LogP contribution in [0.1, 0.15) is 74.2 Å². The fraction of sp³-hybridized carbons (Fsp3) is 0.333. The quantitative estimate of drug-likeness (QED) is 0.671. The number of ketones is 2. The molecule has 0 unspecified atom stereocenters. The molecular formula is C24H26O4. The van der Waals surface area contributed by atoms with Crippen LogP contribution in [-0.4, -0.2) is 21.8 Å². The Labute approximate surface area is 165 Å². The zero-order valence-electron chi connectivity index (χ0n) is 17.2. The number of benzene rings is 2. The number of hydrogen-bond donors (Lipinski definition) is 2. The Balaban J connectivity index is 2.38. The van der Waals surface area contributed by atoms with Gasteiger partial charge in [-0.05, 0) is 28.5 Å². The summed E-state index contributed by atoms with van der Waals surface area (Å²) >= 11 is 0. The number of fused-ring (bicyclic) bond motifs is 1. The molecule has 1 aliphatic rings. The number of aromatic hydroxyl groups is 1. The second-order valence-corrected chi connectivity index (χ2v) is 9.35. The highest BCUT2D eigenvalue weighted by Crippen LogP contribution is 2.43. The van der Waals surface area contributed by atoms with Crippen LogP contribution in [0.4, 0.5) is 0 Å². The third kappa shape index (κ3) is 3.13. The lowest BCUT2D eigenvalue weighted by atomic mass is 9.76. The van der Waals surface area contributed by atoms with Gasteiger partial charge >= 0.3 is 0 Å². The molecule has 0 saturated carbocycles. The van der Waals surface area contributed by atoms with Gasteiger partial charge in [0.05, 0.1) is 5.57 Å². The Kier molecular flexibility index (Phi) is 4.49. The van der Waals surface area contributed by atoms with Gasteiger partial charge in [0.15, 0.2) is 0 Å². The van der Waals surface area contributed by atoms with Gasteiger partial charge in [-0.2, -0.15) is 0 Å². The summed E-state index contributed by atoms with van der Waals surface area (Å²) in [5.41, 5.74) is 1.52. The van der Waals surface area contributed by atoms with Crippen LogP contribution < -0.4 is 0 Å². The number of rotatable bonds is 1. The van der Waals surface area contributed by atoms with Gasteiger partial charge in [-0.25, -0.2) is 0 Å². The number of carbonyl (C=O) groups is 2. The zero-order chi connectivity index (χ0) is 21.0. The number of allylic oxidation sites excluding steroid dienone is 1. The third-order valence-corrected chi connectivity index (χ3v) is 5.11. The normalized spacial score (nSPS) is 15.1. The Hall–Kier alpha value is -2.88. The number of Topliss-reactive ketones (excluding diaryl/α,β-unsaturated/α-hetero) is 2. The van der Waals surface area contributed by atoms with E-state index < -0.39 is 22.4 Å². The molecule has 0 fully saturated rings. The first-order chi connectivity index (χ1) is 12.8. The highest BCUT2D eigenvalue weighted by Gasteiger charge is 2.35. The van der Waals surface area contributed by atoms with Gasteiger partial charge in [-0.15, -0.1) is 0 Å². The third-order valence-electron chi connectivity index (χ3n) is 5.11. The van der Waals surface area contributed by atoms with Crippen molar-refractivity contribution in [2.24, 2.45) is 0 Å². The van der Waals surface area contributed by atoms with E-state index >= 15 is 0 Å². The minimum absolute atomic E-state index is 0.0142. The average Bonchev–Trinajstić information content (AvgIpc) is 2.59. The molecule has 2 aromatic rings. The van der Waals surface area contributed by atoms with Crippen molar-refractivity contribution in [1.82, 2.24) is 0 Å². The van der Waals surface area contributed by atoms with E-state index in [2.05, 4.69) is 0 Å². The molecule has 0 amide bonds. The maximum absolute atomic E-state index is 12.9. The minimum atomic E-state index is -0.735. The summed E-state index contributed by atoms with van der Waals surface area (Å²) in [6.07, 6.45) is 0. The molecule has 146 valence electrons. The molecule has 2 aromatic carbocycles. The lowest BCUT2D eigenvalue weighted by Gasteiger charge is -2.29. The van der Waals surface area contributed by atoms with Crippen molar-refractivity contribution in [2.45, 2.75) is 52.4 Å². The van der Waals surface area contributed by atoms with Crippen LogP contribution in [-0.2, 0) is 15.6 Å². The van der Waals surface area contributed by atoms with Crippen molar-refractivity contribution in [3.63, 3.8) is 0 Å². The van der Waals surface area contributed by atoms with Crippen LogP contribution in [0.5, 0.6) is 5.75 Å². The number of phenolic OH excluding ortho intramolecular Hbond substituents is 1. The van der Waals surface area contributed by atoms with Crippen molar-refractivity contribution in [2.75, 3.05) is 0 Å². The molecule has 0 spiro atoms. The smallest absolute Gasteiger partial charge is 0.237 e. The van der Waals surface area contributed by atoms with Crippen LogP contribution in [0, 0.1) is 0 Å². The van der Waals surface area contributed by atoms with E-state index in [1.165, 1.54) is 0 Å². The standard InChI is InChI=1S/C24H26O4/c1-23(2,3)16-11-13(12-17(21(16)27)24(4,5)6)18-19(25)14-9-7-8-10-15(14)20(26)22(18)28/h7-12,25,27H,1-6H3. The van der Waals surface area contributed by atoms with Crippen molar-refractivity contribution in [1.29, 1.82) is 0 Å². The van der Waals surface area contributed by atoms with E-state index in [0.29, 0.717) is 22.3 Å². The molecule has 0 heterocycles. The van der Waals surface area contributed by atoms with Gasteiger partial charge in [0.1, 0.15) is 11.5 Å². The molecule has 1 aliphatic carbocycles. The summed E-state index contributed by atoms with van der Waals surface area (Å²) in [7, 11) is 0. The summed E-state index contributed by atoms with van der Waals surface area (Å²) in [5, 5.41) is 21.8. The molecule has 2 N–H and O–H groups in total. The van der Waals surface area contributed by atoms with Crippen molar-refractivity contribution < 1.29 is 19.8 Å². The monoisotopic (exact) mass is 378 g/mol. The number of aliphatic hydroxyl groups is 1. The lowest BCUT2D eigenvalue weighted by molar-refractivity contribution is -0.110. The highest BCUT2D eigenvalue weighted by atomic mass is 16.3. The average molecular weight is 378 g/mol. The Morgan fingerprint density at radius 2 is 1.18 bits per heavy atom. The first kappa shape index (κ1) is 19.9. The lowest BCUT2D eigenvalue weighted by Crippen LogP contribution is -2.24. The summed E-state index contributed by atoms with van der Waals surface area (Å²) in [6.45, 7) is 11.8. The number of aliphatic hydroxyl groups excluding tert-OH is 1. The second kappa shape index (κ2) is 6.33. The van der Waals surface area contributed by atoms with E-state index in [9.17, 15) is 19.8 Å². The summed E-state index contributed by atoms with van der Waals surface area (Å²) in [4.78, 5) is 25.5. The molecule has 4 heteroatoms. The summed E-state index contributed by atoms with van der Waals surface area (Å²) in [5.74, 6) is -1.39. The van der Waals surface area contributed by atoms with E-state index in [1.807, 2.05) is 41.5 Å². The molecule has 0 aliphatic heterocycles. The summed E-state index contributed by atoms with van der Waals surface area (Å²) in [6, 6.07) is 9.96. The van der Waals surface area contributed by atoms with Crippen molar-refractivity contribution in [3.05, 3.63) is 64.2 Å². The predicted molar refractivity (Wildman–Crippen MR) is 111 cm³/mol. The van der Waals surface area contributed by atoms with Gasteiger partial charge in [-0.1, -0.05) is 65.8 Å². The molecular weight excluding hydrogens is 352 g/mol. The fourth-order valence-corrected chi connectivity index (χ4v) is 3.56. The van der Waals surface area contributed by atoms with E-state index in [-0.39, 0.29) is 22.6 Å². The molecule has 0 saturated heterocycles. The van der Waals surface area contributed by atoms with Crippen LogP contribution >= 0.6 is 0 Å². The van der Waals surface area contributed by atoms with Crippen LogP contribution in [0.2, 0.25) is 0 Å². The largest absolute Gasteiger partial charge is 0.507 e. The van der Waals surface area contributed by atoms with Crippen molar-refractivity contribution in [3.8, 4) is 5.75 Å². The number of phenols is 1. The summed E-state index contributed by atoms with van der Waals surface area (Å²) < 4.78 is 0. The molecule has 0 bridgehead atoms. The first-order valence-electron chi connectivity index (χ1n) is 9.34. The maximum atomic E-state index is 12.9. The minimum Gasteiger partial charge on any atom is -0.507 e. The van der Waals surface area contributed by atoms with Crippen LogP contribution in [0.25, 0.3) is 11.3 Å². The second-order valence-electron chi connectivity index (χ2n) is 9.35. The maximum Gasteiger partial charge on any atom is 0.237 e. The zero-order valence-corrected chi connectivity index (χ0v) is 17.2. The molecule has 28 heavy (non-hydrogen) atoms. The van der Waals surface area contributed by atoms with Gasteiger partial charge < -0.3 is 10.2 Å². The number of hydrogen-bond acceptors (Lipinski definition) is 4. The van der Waals surface area contributed by atoms with Gasteiger partial charge in [0, 0.05) is 22.3 Å². The highest BCUT2D eigenvalue weighted by molar-refractivity contribution is 6.62. The fourth-order valence-electron chi connectivity index (χ4n) is 3.56. The van der Waals surface area contributed by atoms with Crippen LogP contribution in [0.3, 0.4) is 0 Å². The Bertz CT molecular complexity index is 992. The first-order valence-corrected chi connectivity index (χ1v) is 9.34. The van der Waals surface area contributed by atoms with E-state index in [0.717, 1.165) is 0 Å².